The minimum Gasteiger partial charge on any atom is -0.375 e. The lowest BCUT2D eigenvalue weighted by Crippen LogP contribution is -2.45. The van der Waals surface area contributed by atoms with Gasteiger partial charge in [-0.25, -0.2) is 0 Å². The topological polar surface area (TPSA) is 45.7 Å². The molecule has 0 spiro atoms. The van der Waals surface area contributed by atoms with E-state index < -0.39 is 0 Å². The van der Waals surface area contributed by atoms with Crippen molar-refractivity contribution in [3.8, 4) is 0 Å². The van der Waals surface area contributed by atoms with E-state index in [1.165, 1.54) is 18.4 Å². The van der Waals surface area contributed by atoms with E-state index in [0.717, 1.165) is 32.8 Å². The van der Waals surface area contributed by atoms with E-state index in [9.17, 15) is 4.79 Å². The molecule has 27 heavy (non-hydrogen) atoms. The highest BCUT2D eigenvalue weighted by atomic mass is 16.5. The first-order valence-electron chi connectivity index (χ1n) is 9.84. The number of hydrogen-bond acceptors (Lipinski definition) is 4. The number of amides is 1. The number of ether oxygens (including phenoxy) is 1. The van der Waals surface area contributed by atoms with Crippen LogP contribution in [0.5, 0.6) is 0 Å². The molecule has 1 aromatic carbocycles. The van der Waals surface area contributed by atoms with Crippen molar-refractivity contribution in [1.82, 2.24) is 14.8 Å². The van der Waals surface area contributed by atoms with Gasteiger partial charge in [-0.05, 0) is 36.5 Å². The van der Waals surface area contributed by atoms with Crippen LogP contribution in [-0.2, 0) is 11.3 Å². The van der Waals surface area contributed by atoms with Gasteiger partial charge < -0.3 is 9.64 Å². The summed E-state index contributed by atoms with van der Waals surface area (Å²) in [6, 6.07) is 14.4. The molecule has 0 N–H and O–H groups in total. The molecule has 2 atom stereocenters. The highest BCUT2D eigenvalue weighted by Gasteiger charge is 2.36. The number of aromatic nitrogens is 1. The van der Waals surface area contributed by atoms with Crippen LogP contribution in [0, 0.1) is 5.92 Å². The van der Waals surface area contributed by atoms with E-state index in [1.54, 1.807) is 12.4 Å². The number of rotatable bonds is 6. The Labute approximate surface area is 161 Å². The summed E-state index contributed by atoms with van der Waals surface area (Å²) in [7, 11) is 0. The van der Waals surface area contributed by atoms with Crippen molar-refractivity contribution in [3.63, 3.8) is 0 Å². The predicted molar refractivity (Wildman–Crippen MR) is 104 cm³/mol. The standard InChI is InChI=1S/C22H27N3O2/c26-22(20-7-4-10-23-13-20)25-15-19-8-9-21(16-25)24(14-19)11-12-27-17-18-5-2-1-3-6-18/h1-7,10,13,19,21H,8-9,11-12,14-17H2/t19-,21-/m1/s1. The van der Waals surface area contributed by atoms with Gasteiger partial charge >= 0.3 is 0 Å². The van der Waals surface area contributed by atoms with Crippen LogP contribution < -0.4 is 0 Å². The Hall–Kier alpha value is -2.24. The first kappa shape index (κ1) is 18.1. The summed E-state index contributed by atoms with van der Waals surface area (Å²) in [5.41, 5.74) is 1.90. The lowest BCUT2D eigenvalue weighted by Gasteiger charge is -2.35. The highest BCUT2D eigenvalue weighted by molar-refractivity contribution is 5.93. The second-order valence-corrected chi connectivity index (χ2v) is 7.58. The van der Waals surface area contributed by atoms with Crippen LogP contribution in [0.25, 0.3) is 0 Å². The lowest BCUT2D eigenvalue weighted by molar-refractivity contribution is 0.0573. The third-order valence-corrected chi connectivity index (χ3v) is 5.66. The van der Waals surface area contributed by atoms with E-state index in [2.05, 4.69) is 22.0 Å². The molecule has 3 aliphatic rings. The Morgan fingerprint density at radius 1 is 1.07 bits per heavy atom. The van der Waals surface area contributed by atoms with Crippen molar-refractivity contribution in [2.24, 2.45) is 5.92 Å². The monoisotopic (exact) mass is 365 g/mol. The van der Waals surface area contributed by atoms with Crippen molar-refractivity contribution in [1.29, 1.82) is 0 Å². The van der Waals surface area contributed by atoms with E-state index in [0.29, 0.717) is 24.1 Å². The van der Waals surface area contributed by atoms with Crippen LogP contribution in [0.15, 0.2) is 54.9 Å². The van der Waals surface area contributed by atoms with Gasteiger partial charge in [0.15, 0.2) is 0 Å². The third-order valence-electron chi connectivity index (χ3n) is 5.66. The van der Waals surface area contributed by atoms with Crippen LogP contribution in [0.4, 0.5) is 0 Å². The number of carbonyl (C=O) groups excluding carboxylic acids is 1. The van der Waals surface area contributed by atoms with Crippen LogP contribution >= 0.6 is 0 Å². The van der Waals surface area contributed by atoms with Crippen molar-refractivity contribution in [2.45, 2.75) is 25.5 Å². The second kappa shape index (κ2) is 8.63. The minimum atomic E-state index is 0.113. The van der Waals surface area contributed by atoms with E-state index >= 15 is 0 Å². The van der Waals surface area contributed by atoms with Gasteiger partial charge in [0.25, 0.3) is 5.91 Å². The molecule has 3 aliphatic heterocycles. The molecule has 4 heterocycles. The smallest absolute Gasteiger partial charge is 0.255 e. The van der Waals surface area contributed by atoms with Crippen molar-refractivity contribution < 1.29 is 9.53 Å². The van der Waals surface area contributed by atoms with Crippen LogP contribution in [-0.4, -0.2) is 59.5 Å². The summed E-state index contributed by atoms with van der Waals surface area (Å²) < 4.78 is 5.88. The maximum absolute atomic E-state index is 12.8. The quantitative estimate of drug-likeness (QED) is 0.739. The average molecular weight is 365 g/mol. The van der Waals surface area contributed by atoms with Gasteiger partial charge in [-0.3, -0.25) is 14.7 Å². The molecule has 142 valence electrons. The van der Waals surface area contributed by atoms with Gasteiger partial charge in [-0.1, -0.05) is 30.3 Å². The highest BCUT2D eigenvalue weighted by Crippen LogP contribution is 2.28. The molecule has 5 rings (SSSR count). The summed E-state index contributed by atoms with van der Waals surface area (Å²) in [5, 5.41) is 0. The number of fused-ring (bicyclic) bond motifs is 4. The largest absolute Gasteiger partial charge is 0.375 e. The van der Waals surface area contributed by atoms with Gasteiger partial charge in [-0.2, -0.15) is 0 Å². The van der Waals surface area contributed by atoms with Gasteiger partial charge in [0.05, 0.1) is 18.8 Å². The first-order chi connectivity index (χ1) is 13.3. The summed E-state index contributed by atoms with van der Waals surface area (Å²) in [6.45, 7) is 5.05. The number of hydrogen-bond donors (Lipinski definition) is 0. The molecule has 5 nitrogen and oxygen atoms in total. The molecule has 0 aliphatic carbocycles. The first-order valence-corrected chi connectivity index (χ1v) is 9.84. The SMILES string of the molecule is O=C(c1cccnc1)N1C[C@@H]2CC[C@H](C1)N(CCOCc1ccccc1)C2. The summed E-state index contributed by atoms with van der Waals surface area (Å²) in [4.78, 5) is 21.5. The Balaban J connectivity index is 1.31. The third kappa shape index (κ3) is 4.54. The van der Waals surface area contributed by atoms with Gasteiger partial charge in [0.1, 0.15) is 0 Å². The number of benzene rings is 1. The minimum absolute atomic E-state index is 0.113. The van der Waals surface area contributed by atoms with E-state index in [4.69, 9.17) is 4.74 Å². The summed E-state index contributed by atoms with van der Waals surface area (Å²) >= 11 is 0. The summed E-state index contributed by atoms with van der Waals surface area (Å²) in [6.07, 6.45) is 5.76. The molecular formula is C22H27N3O2. The van der Waals surface area contributed by atoms with Crippen molar-refractivity contribution in [2.75, 3.05) is 32.8 Å². The zero-order chi connectivity index (χ0) is 18.5. The Kier molecular flexibility index (Phi) is 5.80. The van der Waals surface area contributed by atoms with Crippen molar-refractivity contribution >= 4 is 5.91 Å². The van der Waals surface area contributed by atoms with Crippen LogP contribution in [0.2, 0.25) is 0 Å². The lowest BCUT2D eigenvalue weighted by atomic mass is 9.95. The van der Waals surface area contributed by atoms with Gasteiger partial charge in [0.2, 0.25) is 0 Å². The molecule has 3 saturated heterocycles. The Morgan fingerprint density at radius 2 is 1.96 bits per heavy atom. The molecule has 0 saturated carbocycles. The van der Waals surface area contributed by atoms with Crippen LogP contribution in [0.3, 0.4) is 0 Å². The molecule has 0 radical (unpaired) electrons. The summed E-state index contributed by atoms with van der Waals surface area (Å²) in [5.74, 6) is 0.667. The molecule has 2 aromatic rings. The molecule has 0 unspecified atom stereocenters. The van der Waals surface area contributed by atoms with Gasteiger partial charge in [0, 0.05) is 44.6 Å². The van der Waals surface area contributed by atoms with Crippen LogP contribution in [0.1, 0.15) is 28.8 Å². The fourth-order valence-corrected chi connectivity index (χ4v) is 4.24. The molecular weight excluding hydrogens is 338 g/mol. The zero-order valence-corrected chi connectivity index (χ0v) is 15.7. The van der Waals surface area contributed by atoms with E-state index in [1.807, 2.05) is 35.2 Å². The fourth-order valence-electron chi connectivity index (χ4n) is 4.24. The Morgan fingerprint density at radius 3 is 2.78 bits per heavy atom. The molecule has 5 heteroatoms. The number of nitrogens with zero attached hydrogens (tertiary/aromatic N) is 3. The average Bonchev–Trinajstić information content (AvgIpc) is 3.04. The maximum Gasteiger partial charge on any atom is 0.255 e. The molecule has 2 bridgehead atoms. The number of carbonyl (C=O) groups is 1. The maximum atomic E-state index is 12.8. The second-order valence-electron chi connectivity index (χ2n) is 7.58. The number of pyridine rings is 1. The predicted octanol–water partition coefficient (Wildman–Crippen LogP) is 2.83. The zero-order valence-electron chi connectivity index (χ0n) is 15.7. The molecule has 3 fully saturated rings. The van der Waals surface area contributed by atoms with E-state index in [-0.39, 0.29) is 5.91 Å². The van der Waals surface area contributed by atoms with Gasteiger partial charge in [-0.15, -0.1) is 0 Å². The number of piperidine rings is 1. The molecule has 1 aromatic heterocycles. The fraction of sp³-hybridized carbons (Fsp3) is 0.455. The molecule has 1 amide bonds. The normalized spacial score (nSPS) is 22.6. The van der Waals surface area contributed by atoms with Crippen molar-refractivity contribution in [3.05, 3.63) is 66.0 Å². The Bertz CT molecular complexity index is 738.